The second-order valence-electron chi connectivity index (χ2n) is 2.45. The third-order valence-corrected chi connectivity index (χ3v) is 1.59. The average Bonchev–Trinajstić information content (AvgIpc) is 2.67. The molecule has 0 bridgehead atoms. The Morgan fingerprint density at radius 3 is 2.86 bits per heavy atom. The first kappa shape index (κ1) is 8.74. The maximum absolute atomic E-state index is 12.4. The molecular weight excluding hydrogens is 190 g/mol. The van der Waals surface area contributed by atoms with Crippen LogP contribution in [0.5, 0.6) is 0 Å². The summed E-state index contributed by atoms with van der Waals surface area (Å²) in [7, 11) is 0. The summed E-state index contributed by atoms with van der Waals surface area (Å²) in [6, 6.07) is 2.34. The van der Waals surface area contributed by atoms with Gasteiger partial charge in [-0.1, -0.05) is 0 Å². The molecule has 0 spiro atoms. The van der Waals surface area contributed by atoms with E-state index in [0.29, 0.717) is 0 Å². The Morgan fingerprint density at radius 2 is 2.21 bits per heavy atom. The lowest BCUT2D eigenvalue weighted by molar-refractivity contribution is 0.142. The molecule has 1 radical (unpaired) electrons. The normalized spacial score (nSPS) is 10.8. The molecule has 0 saturated carbocycles. The van der Waals surface area contributed by atoms with E-state index in [1.54, 1.807) is 0 Å². The Balaban J connectivity index is 2.47. The highest BCUT2D eigenvalue weighted by Crippen LogP contribution is 2.19. The maximum Gasteiger partial charge on any atom is 0.281 e. The minimum absolute atomic E-state index is 0.254. The molecule has 0 atom stereocenters. The molecule has 0 aliphatic rings. The maximum atomic E-state index is 12.4. The highest BCUT2D eigenvalue weighted by molar-refractivity contribution is 5.20. The average molecular weight is 195 g/mol. The Bertz CT molecular complexity index is 412. The zero-order valence-corrected chi connectivity index (χ0v) is 6.93. The Labute approximate surface area is 78.2 Å². The summed E-state index contributed by atoms with van der Waals surface area (Å²) in [5.41, 5.74) is -0.314. The van der Waals surface area contributed by atoms with Crippen molar-refractivity contribution in [1.29, 1.82) is 0 Å². The molecule has 0 aliphatic heterocycles. The molecule has 0 fully saturated rings. The van der Waals surface area contributed by atoms with E-state index >= 15 is 0 Å². The summed E-state index contributed by atoms with van der Waals surface area (Å²) in [5, 5.41) is 3.69. The predicted molar refractivity (Wildman–Crippen MR) is 42.9 cm³/mol. The topological polar surface area (TPSA) is 43.6 Å². The van der Waals surface area contributed by atoms with E-state index in [4.69, 9.17) is 0 Å². The van der Waals surface area contributed by atoms with Crippen LogP contribution in [0, 0.1) is 6.07 Å². The van der Waals surface area contributed by atoms with Crippen LogP contribution < -0.4 is 0 Å². The van der Waals surface area contributed by atoms with E-state index in [-0.39, 0.29) is 11.5 Å². The fourth-order valence-corrected chi connectivity index (χ4v) is 1.01. The van der Waals surface area contributed by atoms with Gasteiger partial charge >= 0.3 is 0 Å². The van der Waals surface area contributed by atoms with Crippen LogP contribution in [0.1, 0.15) is 12.1 Å². The van der Waals surface area contributed by atoms with Gasteiger partial charge in [0.2, 0.25) is 0 Å². The van der Waals surface area contributed by atoms with Crippen LogP contribution in [0.15, 0.2) is 24.8 Å². The lowest BCUT2D eigenvalue weighted by Crippen LogP contribution is -2.04. The van der Waals surface area contributed by atoms with Crippen molar-refractivity contribution in [2.45, 2.75) is 6.43 Å². The van der Waals surface area contributed by atoms with Gasteiger partial charge in [-0.2, -0.15) is 5.10 Å². The molecule has 14 heavy (non-hydrogen) atoms. The van der Waals surface area contributed by atoms with Gasteiger partial charge < -0.3 is 0 Å². The molecule has 2 aromatic heterocycles. The van der Waals surface area contributed by atoms with Gasteiger partial charge in [0.1, 0.15) is 5.69 Å². The first-order valence-electron chi connectivity index (χ1n) is 3.79. The van der Waals surface area contributed by atoms with Gasteiger partial charge in [0.25, 0.3) is 6.43 Å². The van der Waals surface area contributed by atoms with E-state index in [0.717, 1.165) is 4.68 Å². The molecule has 0 unspecified atom stereocenters. The molecule has 0 saturated heterocycles. The minimum Gasteiger partial charge on any atom is -0.259 e. The van der Waals surface area contributed by atoms with Gasteiger partial charge in [-0.25, -0.2) is 18.4 Å². The van der Waals surface area contributed by atoms with Crippen molar-refractivity contribution < 1.29 is 8.78 Å². The van der Waals surface area contributed by atoms with Crippen LogP contribution in [0.25, 0.3) is 5.82 Å². The van der Waals surface area contributed by atoms with Crippen molar-refractivity contribution in [1.82, 2.24) is 19.7 Å². The summed E-state index contributed by atoms with van der Waals surface area (Å²) in [4.78, 5) is 7.61. The molecule has 0 amide bonds. The Hall–Kier alpha value is -1.85. The SMILES string of the molecule is FC(F)c1[c]cnn1-c1cnccn1. The zero-order chi connectivity index (χ0) is 9.97. The lowest BCUT2D eigenvalue weighted by atomic mass is 10.4. The lowest BCUT2D eigenvalue weighted by Gasteiger charge is -2.03. The fraction of sp³-hybridized carbons (Fsp3) is 0.125. The number of alkyl halides is 2. The van der Waals surface area contributed by atoms with Crippen molar-refractivity contribution in [2.75, 3.05) is 0 Å². The third kappa shape index (κ3) is 1.46. The summed E-state index contributed by atoms with van der Waals surface area (Å²) in [6.07, 6.45) is 2.77. The van der Waals surface area contributed by atoms with Gasteiger partial charge in [-0.05, 0) is 0 Å². The molecule has 6 heteroatoms. The zero-order valence-electron chi connectivity index (χ0n) is 6.93. The number of hydrogen-bond donors (Lipinski definition) is 0. The van der Waals surface area contributed by atoms with Gasteiger partial charge in [-0.15, -0.1) is 0 Å². The quantitative estimate of drug-likeness (QED) is 0.727. The monoisotopic (exact) mass is 195 g/mol. The second kappa shape index (κ2) is 3.49. The number of halogens is 2. The van der Waals surface area contributed by atoms with Crippen LogP contribution in [0.2, 0.25) is 0 Å². The Morgan fingerprint density at radius 1 is 1.36 bits per heavy atom. The molecule has 71 valence electrons. The number of hydrogen-bond acceptors (Lipinski definition) is 3. The van der Waals surface area contributed by atoms with Crippen molar-refractivity contribution >= 4 is 0 Å². The first-order valence-corrected chi connectivity index (χ1v) is 3.79. The molecular formula is C8H5F2N4. The van der Waals surface area contributed by atoms with Gasteiger partial charge in [-0.3, -0.25) is 4.98 Å². The summed E-state index contributed by atoms with van der Waals surface area (Å²) in [5.74, 6) is 0.254. The number of nitrogens with zero attached hydrogens (tertiary/aromatic N) is 4. The highest BCUT2D eigenvalue weighted by Gasteiger charge is 2.15. The largest absolute Gasteiger partial charge is 0.281 e. The molecule has 0 aromatic carbocycles. The van der Waals surface area contributed by atoms with Crippen molar-refractivity contribution in [3.05, 3.63) is 36.5 Å². The van der Waals surface area contributed by atoms with E-state index in [9.17, 15) is 8.78 Å². The smallest absolute Gasteiger partial charge is 0.259 e. The number of aromatic nitrogens is 4. The van der Waals surface area contributed by atoms with E-state index in [1.807, 2.05) is 0 Å². The fourth-order valence-electron chi connectivity index (χ4n) is 1.01. The first-order chi connectivity index (χ1) is 6.79. The van der Waals surface area contributed by atoms with E-state index < -0.39 is 6.43 Å². The molecule has 4 nitrogen and oxygen atoms in total. The predicted octanol–water partition coefficient (Wildman–Crippen LogP) is 1.40. The van der Waals surface area contributed by atoms with Crippen molar-refractivity contribution in [3.63, 3.8) is 0 Å². The third-order valence-electron chi connectivity index (χ3n) is 1.59. The molecule has 2 heterocycles. The summed E-state index contributed by atoms with van der Waals surface area (Å²) >= 11 is 0. The molecule has 0 N–H and O–H groups in total. The second-order valence-corrected chi connectivity index (χ2v) is 2.45. The standard InChI is InChI=1S/C8H5F2N4/c9-8(10)6-1-2-13-14(6)7-5-11-3-4-12-7/h2-5,8H. The van der Waals surface area contributed by atoms with Crippen molar-refractivity contribution in [2.24, 2.45) is 0 Å². The van der Waals surface area contributed by atoms with Gasteiger partial charge in [0.15, 0.2) is 5.82 Å². The summed E-state index contributed by atoms with van der Waals surface area (Å²) < 4.78 is 25.8. The molecule has 0 aliphatic carbocycles. The van der Waals surface area contributed by atoms with Crippen LogP contribution in [-0.2, 0) is 0 Å². The molecule has 2 aromatic rings. The van der Waals surface area contributed by atoms with E-state index in [2.05, 4.69) is 21.1 Å². The van der Waals surface area contributed by atoms with Gasteiger partial charge in [0.05, 0.1) is 12.4 Å². The number of rotatable bonds is 2. The van der Waals surface area contributed by atoms with E-state index in [1.165, 1.54) is 24.8 Å². The van der Waals surface area contributed by atoms with Gasteiger partial charge in [0, 0.05) is 18.5 Å². The van der Waals surface area contributed by atoms with Crippen LogP contribution >= 0.6 is 0 Å². The highest BCUT2D eigenvalue weighted by atomic mass is 19.3. The Kier molecular flexibility index (Phi) is 2.18. The van der Waals surface area contributed by atoms with Crippen molar-refractivity contribution in [3.8, 4) is 5.82 Å². The minimum atomic E-state index is -2.63. The van der Waals surface area contributed by atoms with Crippen LogP contribution in [0.3, 0.4) is 0 Å². The summed E-state index contributed by atoms with van der Waals surface area (Å²) in [6.45, 7) is 0. The van der Waals surface area contributed by atoms with Crippen LogP contribution in [-0.4, -0.2) is 19.7 Å². The molecule has 2 rings (SSSR count). The van der Waals surface area contributed by atoms with Crippen LogP contribution in [0.4, 0.5) is 8.78 Å².